The maximum atomic E-state index is 13.7. The van der Waals surface area contributed by atoms with Crippen molar-refractivity contribution in [2.45, 2.75) is 11.4 Å². The molecule has 3 N–H and O–H groups in total. The van der Waals surface area contributed by atoms with Gasteiger partial charge in [0.15, 0.2) is 11.6 Å². The maximum absolute atomic E-state index is 13.7. The molecule has 0 spiro atoms. The molecule has 19 heavy (non-hydrogen) atoms. The Bertz CT molecular complexity index is 690. The molecule has 0 bridgehead atoms. The van der Waals surface area contributed by atoms with E-state index in [0.717, 1.165) is 18.5 Å². The minimum atomic E-state index is -4.12. The lowest BCUT2D eigenvalue weighted by molar-refractivity contribution is 0.409. The highest BCUT2D eigenvalue weighted by Crippen LogP contribution is 2.25. The second-order valence-corrected chi connectivity index (χ2v) is 5.65. The molecule has 2 rings (SSSR count). The molecule has 1 heterocycles. The van der Waals surface area contributed by atoms with Crippen LogP contribution < -0.4 is 10.5 Å². The molecule has 7 nitrogen and oxygen atoms in total. The fourth-order valence-corrected chi connectivity index (χ4v) is 2.69. The number of rotatable bonds is 4. The van der Waals surface area contributed by atoms with E-state index in [4.69, 9.17) is 17.3 Å². The Morgan fingerprint density at radius 3 is 2.84 bits per heavy atom. The zero-order chi connectivity index (χ0) is 14.0. The number of benzene rings is 1. The van der Waals surface area contributed by atoms with E-state index in [2.05, 4.69) is 19.4 Å². The standard InChI is InChI=1S/C9H8ClFN4O3S/c10-5-1-6(12)9(11)7(2-5)19(16,17)14-3-8-13-4-18-15-8/h1-2,4,14H,3,12H2. The molecule has 10 heteroatoms. The van der Waals surface area contributed by atoms with Crippen LogP contribution in [0.3, 0.4) is 0 Å². The van der Waals surface area contributed by atoms with Gasteiger partial charge in [-0.15, -0.1) is 0 Å². The Labute approximate surface area is 112 Å². The summed E-state index contributed by atoms with van der Waals surface area (Å²) >= 11 is 5.65. The zero-order valence-electron chi connectivity index (χ0n) is 9.30. The number of hydrogen-bond acceptors (Lipinski definition) is 6. The van der Waals surface area contributed by atoms with Crippen LogP contribution in [0.1, 0.15) is 5.82 Å². The summed E-state index contributed by atoms with van der Waals surface area (Å²) in [5.74, 6) is -0.955. The largest absolute Gasteiger partial charge is 0.396 e. The molecular weight excluding hydrogens is 299 g/mol. The molecule has 102 valence electrons. The van der Waals surface area contributed by atoms with Crippen LogP contribution in [0.5, 0.6) is 0 Å². The van der Waals surface area contributed by atoms with Gasteiger partial charge in [-0.1, -0.05) is 16.8 Å². The molecule has 1 aromatic heterocycles. The molecule has 0 unspecified atom stereocenters. The molecular formula is C9H8ClFN4O3S. The van der Waals surface area contributed by atoms with Gasteiger partial charge in [0.1, 0.15) is 4.90 Å². The Morgan fingerprint density at radius 2 is 2.21 bits per heavy atom. The van der Waals surface area contributed by atoms with Crippen LogP contribution in [0.4, 0.5) is 10.1 Å². The molecule has 0 saturated carbocycles. The van der Waals surface area contributed by atoms with Crippen molar-refractivity contribution in [2.24, 2.45) is 0 Å². The van der Waals surface area contributed by atoms with E-state index in [0.29, 0.717) is 0 Å². The van der Waals surface area contributed by atoms with E-state index in [-0.39, 0.29) is 23.1 Å². The molecule has 0 aliphatic rings. The Balaban J connectivity index is 2.29. The third-order valence-corrected chi connectivity index (χ3v) is 3.77. The normalized spacial score (nSPS) is 11.7. The number of nitrogens with two attached hydrogens (primary N) is 1. The van der Waals surface area contributed by atoms with Crippen molar-refractivity contribution in [3.8, 4) is 0 Å². The maximum Gasteiger partial charge on any atom is 0.244 e. The van der Waals surface area contributed by atoms with Crippen molar-refractivity contribution in [1.29, 1.82) is 0 Å². The highest BCUT2D eigenvalue weighted by Gasteiger charge is 2.22. The van der Waals surface area contributed by atoms with Crippen molar-refractivity contribution in [2.75, 3.05) is 5.73 Å². The number of nitrogen functional groups attached to an aromatic ring is 1. The number of anilines is 1. The van der Waals surface area contributed by atoms with Gasteiger partial charge in [0, 0.05) is 5.02 Å². The van der Waals surface area contributed by atoms with Gasteiger partial charge in [0.25, 0.3) is 0 Å². The minimum Gasteiger partial charge on any atom is -0.396 e. The van der Waals surface area contributed by atoms with E-state index in [1.54, 1.807) is 0 Å². The highest BCUT2D eigenvalue weighted by atomic mass is 35.5. The topological polar surface area (TPSA) is 111 Å². The fraction of sp³-hybridized carbons (Fsp3) is 0.111. The number of hydrogen-bond donors (Lipinski definition) is 2. The molecule has 0 amide bonds. The van der Waals surface area contributed by atoms with Gasteiger partial charge in [-0.3, -0.25) is 0 Å². The summed E-state index contributed by atoms with van der Waals surface area (Å²) in [7, 11) is -4.12. The molecule has 1 aromatic carbocycles. The molecule has 0 fully saturated rings. The van der Waals surface area contributed by atoms with Crippen LogP contribution in [0, 0.1) is 5.82 Å². The Morgan fingerprint density at radius 1 is 1.47 bits per heavy atom. The van der Waals surface area contributed by atoms with E-state index in [1.807, 2.05) is 0 Å². The first-order valence-corrected chi connectivity index (χ1v) is 6.75. The van der Waals surface area contributed by atoms with Crippen LogP contribution >= 0.6 is 11.6 Å². The van der Waals surface area contributed by atoms with Gasteiger partial charge in [-0.05, 0) is 12.1 Å². The van der Waals surface area contributed by atoms with Crippen LogP contribution in [0.25, 0.3) is 0 Å². The highest BCUT2D eigenvalue weighted by molar-refractivity contribution is 7.89. The van der Waals surface area contributed by atoms with Gasteiger partial charge >= 0.3 is 0 Å². The van der Waals surface area contributed by atoms with Gasteiger partial charge in [0.2, 0.25) is 16.4 Å². The van der Waals surface area contributed by atoms with Crippen LogP contribution in [-0.4, -0.2) is 18.6 Å². The lowest BCUT2D eigenvalue weighted by Gasteiger charge is -2.08. The van der Waals surface area contributed by atoms with Gasteiger partial charge in [-0.25, -0.2) is 17.5 Å². The predicted molar refractivity (Wildman–Crippen MR) is 64.1 cm³/mol. The van der Waals surface area contributed by atoms with Crippen molar-refractivity contribution >= 4 is 27.3 Å². The van der Waals surface area contributed by atoms with Crippen molar-refractivity contribution in [3.63, 3.8) is 0 Å². The zero-order valence-corrected chi connectivity index (χ0v) is 10.9. The molecule has 0 aliphatic heterocycles. The summed E-state index contributed by atoms with van der Waals surface area (Å²) in [6.07, 6.45) is 1.04. The summed E-state index contributed by atoms with van der Waals surface area (Å²) in [4.78, 5) is 2.98. The van der Waals surface area contributed by atoms with Crippen molar-refractivity contribution < 1.29 is 17.3 Å². The first-order chi connectivity index (χ1) is 8.90. The number of sulfonamides is 1. The third-order valence-electron chi connectivity index (χ3n) is 2.15. The summed E-state index contributed by atoms with van der Waals surface area (Å²) in [6.45, 7) is -0.245. The van der Waals surface area contributed by atoms with Gasteiger partial charge < -0.3 is 10.3 Å². The van der Waals surface area contributed by atoms with Crippen LogP contribution in [0.2, 0.25) is 5.02 Å². The lowest BCUT2D eigenvalue weighted by atomic mass is 10.3. The predicted octanol–water partition coefficient (Wildman–Crippen LogP) is 0.923. The molecule has 2 aromatic rings. The van der Waals surface area contributed by atoms with E-state index in [1.165, 1.54) is 0 Å². The summed E-state index contributed by atoms with van der Waals surface area (Å²) in [5.41, 5.74) is 4.96. The van der Waals surface area contributed by atoms with E-state index >= 15 is 0 Å². The van der Waals surface area contributed by atoms with Crippen LogP contribution in [0.15, 0.2) is 27.9 Å². The van der Waals surface area contributed by atoms with E-state index in [9.17, 15) is 12.8 Å². The monoisotopic (exact) mass is 306 g/mol. The quantitative estimate of drug-likeness (QED) is 0.813. The van der Waals surface area contributed by atoms with Crippen molar-refractivity contribution in [1.82, 2.24) is 14.9 Å². The second kappa shape index (κ2) is 5.11. The minimum absolute atomic E-state index is 0.0128. The number of nitrogens with one attached hydrogen (secondary N) is 1. The van der Waals surface area contributed by atoms with E-state index < -0.39 is 20.7 Å². The summed E-state index contributed by atoms with van der Waals surface area (Å²) in [5, 5.41) is 3.43. The smallest absolute Gasteiger partial charge is 0.244 e. The van der Waals surface area contributed by atoms with Crippen LogP contribution in [-0.2, 0) is 16.6 Å². The molecule has 0 radical (unpaired) electrons. The van der Waals surface area contributed by atoms with Gasteiger partial charge in [0.05, 0.1) is 12.2 Å². The second-order valence-electron chi connectivity index (χ2n) is 3.48. The molecule has 0 atom stereocenters. The number of halogens is 2. The third kappa shape index (κ3) is 3.00. The van der Waals surface area contributed by atoms with Crippen molar-refractivity contribution in [3.05, 3.63) is 35.2 Å². The SMILES string of the molecule is Nc1cc(Cl)cc(S(=O)(=O)NCc2ncon2)c1F. The average Bonchev–Trinajstić information content (AvgIpc) is 2.84. The lowest BCUT2D eigenvalue weighted by Crippen LogP contribution is -2.25. The Hall–Kier alpha value is -1.71. The Kier molecular flexibility index (Phi) is 3.69. The molecule has 0 saturated heterocycles. The fourth-order valence-electron chi connectivity index (χ4n) is 1.29. The summed E-state index contributed by atoms with van der Waals surface area (Å²) in [6, 6.07) is 2.08. The summed E-state index contributed by atoms with van der Waals surface area (Å²) < 4.78 is 44.0. The average molecular weight is 307 g/mol. The first-order valence-electron chi connectivity index (χ1n) is 4.89. The number of aromatic nitrogens is 2. The van der Waals surface area contributed by atoms with Gasteiger partial charge in [-0.2, -0.15) is 4.98 Å². The molecule has 0 aliphatic carbocycles. The number of nitrogens with zero attached hydrogens (tertiary/aromatic N) is 2. The first kappa shape index (κ1) is 13.7.